The Morgan fingerprint density at radius 1 is 1.63 bits per heavy atom. The molecular weight excluding hydrogens is 308 g/mol. The molecule has 1 saturated heterocycles. The van der Waals surface area contributed by atoms with Gasteiger partial charge in [-0.2, -0.15) is 0 Å². The van der Waals surface area contributed by atoms with Crippen LogP contribution in [-0.4, -0.2) is 42.2 Å². The quantitative estimate of drug-likeness (QED) is 0.851. The number of rotatable bonds is 4. The highest BCUT2D eigenvalue weighted by Gasteiger charge is 2.21. The molecule has 1 unspecified atom stereocenters. The number of carbonyl (C=O) groups excluding carboxylic acids is 1. The first kappa shape index (κ1) is 14.6. The van der Waals surface area contributed by atoms with Crippen LogP contribution in [0.25, 0.3) is 0 Å². The summed E-state index contributed by atoms with van der Waals surface area (Å²) in [5.74, 6) is 0.550. The molecule has 1 aliphatic rings. The number of amides is 1. The van der Waals surface area contributed by atoms with Crippen LogP contribution in [-0.2, 0) is 11.3 Å². The predicted molar refractivity (Wildman–Crippen MR) is 78.3 cm³/mol. The van der Waals surface area contributed by atoms with Crippen molar-refractivity contribution in [1.82, 2.24) is 9.47 Å². The molecule has 0 saturated carbocycles. The van der Waals surface area contributed by atoms with E-state index in [1.54, 1.807) is 0 Å². The minimum atomic E-state index is 0.0816. The Labute approximate surface area is 122 Å². The van der Waals surface area contributed by atoms with E-state index >= 15 is 0 Å². The van der Waals surface area contributed by atoms with Crippen molar-refractivity contribution in [1.29, 1.82) is 0 Å². The standard InChI is InChI=1S/C14H21BrN2O2/c1-3-17-9-12(15)7-13(17)14(18)16(2)8-11-5-4-6-19-10-11/h7,9,11H,3-6,8,10H2,1-2H3. The zero-order chi connectivity index (χ0) is 13.8. The molecular formula is C14H21BrN2O2. The van der Waals surface area contributed by atoms with Crippen LogP contribution in [0, 0.1) is 5.92 Å². The van der Waals surface area contributed by atoms with E-state index in [0.717, 1.165) is 49.3 Å². The summed E-state index contributed by atoms with van der Waals surface area (Å²) < 4.78 is 8.39. The van der Waals surface area contributed by atoms with E-state index in [1.807, 2.05) is 35.7 Å². The Kier molecular flexibility index (Phi) is 5.05. The lowest BCUT2D eigenvalue weighted by Gasteiger charge is -2.27. The molecule has 1 aromatic heterocycles. The SMILES string of the molecule is CCn1cc(Br)cc1C(=O)N(C)CC1CCCOC1. The number of ether oxygens (including phenoxy) is 1. The lowest BCUT2D eigenvalue weighted by Crippen LogP contribution is -2.35. The average Bonchev–Trinajstić information content (AvgIpc) is 2.80. The van der Waals surface area contributed by atoms with E-state index in [-0.39, 0.29) is 5.91 Å². The molecule has 0 radical (unpaired) electrons. The summed E-state index contributed by atoms with van der Waals surface area (Å²) in [6.07, 6.45) is 4.20. The van der Waals surface area contributed by atoms with Crippen LogP contribution in [0.3, 0.4) is 0 Å². The Bertz CT molecular complexity index is 439. The van der Waals surface area contributed by atoms with Gasteiger partial charge in [0.1, 0.15) is 5.69 Å². The molecule has 1 amide bonds. The van der Waals surface area contributed by atoms with Gasteiger partial charge in [-0.25, -0.2) is 0 Å². The van der Waals surface area contributed by atoms with Gasteiger partial charge in [0.15, 0.2) is 0 Å². The molecule has 1 aliphatic heterocycles. The lowest BCUT2D eigenvalue weighted by molar-refractivity contribution is 0.0385. The molecule has 0 N–H and O–H groups in total. The Hall–Kier alpha value is -0.810. The smallest absolute Gasteiger partial charge is 0.270 e. The van der Waals surface area contributed by atoms with E-state index < -0.39 is 0 Å². The Balaban J connectivity index is 2.01. The molecule has 1 fully saturated rings. The first-order valence-corrected chi connectivity index (χ1v) is 7.60. The number of nitrogens with zero attached hydrogens (tertiary/aromatic N) is 2. The fourth-order valence-electron chi connectivity index (χ4n) is 2.53. The second kappa shape index (κ2) is 6.57. The fraction of sp³-hybridized carbons (Fsp3) is 0.643. The molecule has 2 heterocycles. The molecule has 0 spiro atoms. The number of carbonyl (C=O) groups is 1. The normalized spacial score (nSPS) is 19.4. The van der Waals surface area contributed by atoms with Crippen LogP contribution in [0.2, 0.25) is 0 Å². The monoisotopic (exact) mass is 328 g/mol. The predicted octanol–water partition coefficient (Wildman–Crippen LogP) is 2.77. The third kappa shape index (κ3) is 3.60. The summed E-state index contributed by atoms with van der Waals surface area (Å²) in [6, 6.07) is 1.89. The van der Waals surface area contributed by atoms with Gasteiger partial charge in [0.25, 0.3) is 5.91 Å². The van der Waals surface area contributed by atoms with Crippen LogP contribution < -0.4 is 0 Å². The van der Waals surface area contributed by atoms with Gasteiger partial charge in [-0.15, -0.1) is 0 Å². The van der Waals surface area contributed by atoms with Gasteiger partial charge < -0.3 is 14.2 Å². The molecule has 0 bridgehead atoms. The number of halogens is 1. The summed E-state index contributed by atoms with van der Waals surface area (Å²) in [4.78, 5) is 14.3. The molecule has 1 aromatic rings. The zero-order valence-corrected chi connectivity index (χ0v) is 13.1. The van der Waals surface area contributed by atoms with Crippen molar-refractivity contribution in [2.24, 2.45) is 5.92 Å². The van der Waals surface area contributed by atoms with Crippen molar-refractivity contribution in [3.63, 3.8) is 0 Å². The van der Waals surface area contributed by atoms with Crippen molar-refractivity contribution >= 4 is 21.8 Å². The average molecular weight is 329 g/mol. The number of hydrogen-bond acceptors (Lipinski definition) is 2. The molecule has 1 atom stereocenters. The summed E-state index contributed by atoms with van der Waals surface area (Å²) in [5.41, 5.74) is 0.744. The van der Waals surface area contributed by atoms with Gasteiger partial charge >= 0.3 is 0 Å². The second-order valence-electron chi connectivity index (χ2n) is 5.10. The Morgan fingerprint density at radius 3 is 3.05 bits per heavy atom. The topological polar surface area (TPSA) is 34.5 Å². The minimum Gasteiger partial charge on any atom is -0.381 e. The minimum absolute atomic E-state index is 0.0816. The second-order valence-corrected chi connectivity index (χ2v) is 6.01. The highest BCUT2D eigenvalue weighted by atomic mass is 79.9. The number of aromatic nitrogens is 1. The Morgan fingerprint density at radius 2 is 2.42 bits per heavy atom. The molecule has 0 aliphatic carbocycles. The van der Waals surface area contributed by atoms with E-state index in [0.29, 0.717) is 5.92 Å². The van der Waals surface area contributed by atoms with Crippen molar-refractivity contribution in [2.45, 2.75) is 26.3 Å². The molecule has 5 heteroatoms. The van der Waals surface area contributed by atoms with Crippen molar-refractivity contribution < 1.29 is 9.53 Å². The molecule has 4 nitrogen and oxygen atoms in total. The van der Waals surface area contributed by atoms with Gasteiger partial charge in [0.2, 0.25) is 0 Å². The summed E-state index contributed by atoms with van der Waals surface area (Å²) in [5, 5.41) is 0. The molecule has 19 heavy (non-hydrogen) atoms. The van der Waals surface area contributed by atoms with Gasteiger partial charge in [-0.1, -0.05) is 0 Å². The number of aryl methyl sites for hydroxylation is 1. The van der Waals surface area contributed by atoms with Crippen molar-refractivity contribution in [2.75, 3.05) is 26.8 Å². The summed E-state index contributed by atoms with van der Waals surface area (Å²) in [6.45, 7) is 5.24. The first-order chi connectivity index (χ1) is 9.11. The summed E-state index contributed by atoms with van der Waals surface area (Å²) >= 11 is 3.43. The van der Waals surface area contributed by atoms with Crippen molar-refractivity contribution in [3.05, 3.63) is 22.4 Å². The third-order valence-corrected chi connectivity index (χ3v) is 3.99. The first-order valence-electron chi connectivity index (χ1n) is 6.80. The van der Waals surface area contributed by atoms with E-state index in [2.05, 4.69) is 15.9 Å². The zero-order valence-electron chi connectivity index (χ0n) is 11.6. The largest absolute Gasteiger partial charge is 0.381 e. The lowest BCUT2D eigenvalue weighted by atomic mass is 10.0. The van der Waals surface area contributed by atoms with E-state index in [9.17, 15) is 4.79 Å². The molecule has 106 valence electrons. The van der Waals surface area contributed by atoms with Crippen LogP contribution in [0.4, 0.5) is 0 Å². The van der Waals surface area contributed by atoms with E-state index in [4.69, 9.17) is 4.74 Å². The summed E-state index contributed by atoms with van der Waals surface area (Å²) in [7, 11) is 1.87. The van der Waals surface area contributed by atoms with Gasteiger partial charge in [0, 0.05) is 37.4 Å². The van der Waals surface area contributed by atoms with Crippen LogP contribution in [0.5, 0.6) is 0 Å². The van der Waals surface area contributed by atoms with Crippen LogP contribution >= 0.6 is 15.9 Å². The maximum Gasteiger partial charge on any atom is 0.270 e. The van der Waals surface area contributed by atoms with Crippen molar-refractivity contribution in [3.8, 4) is 0 Å². The van der Waals surface area contributed by atoms with Gasteiger partial charge in [-0.3, -0.25) is 4.79 Å². The molecule has 0 aromatic carbocycles. The third-order valence-electron chi connectivity index (χ3n) is 3.56. The number of hydrogen-bond donors (Lipinski definition) is 0. The fourth-order valence-corrected chi connectivity index (χ4v) is 3.00. The van der Waals surface area contributed by atoms with Crippen LogP contribution in [0.15, 0.2) is 16.7 Å². The maximum absolute atomic E-state index is 12.5. The van der Waals surface area contributed by atoms with E-state index in [1.165, 1.54) is 0 Å². The molecule has 2 rings (SSSR count). The maximum atomic E-state index is 12.5. The highest BCUT2D eigenvalue weighted by Crippen LogP contribution is 2.19. The van der Waals surface area contributed by atoms with Crippen LogP contribution in [0.1, 0.15) is 30.3 Å². The van der Waals surface area contributed by atoms with Gasteiger partial charge in [-0.05, 0) is 47.7 Å². The highest BCUT2D eigenvalue weighted by molar-refractivity contribution is 9.10. The van der Waals surface area contributed by atoms with Gasteiger partial charge in [0.05, 0.1) is 6.61 Å².